The summed E-state index contributed by atoms with van der Waals surface area (Å²) < 4.78 is 16.7. The third kappa shape index (κ3) is 42.6. The van der Waals surface area contributed by atoms with Crippen LogP contribution in [0.1, 0.15) is 239 Å². The average Bonchev–Trinajstić information content (AvgIpc) is 3.18. The molecular formula is C49H88O6. The molecule has 55 heavy (non-hydrogen) atoms. The van der Waals surface area contributed by atoms with Gasteiger partial charge >= 0.3 is 17.9 Å². The molecule has 0 aliphatic heterocycles. The Morgan fingerprint density at radius 1 is 0.364 bits per heavy atom. The molecule has 0 unspecified atom stereocenters. The second-order valence-electron chi connectivity index (χ2n) is 15.7. The number of hydrogen-bond donors (Lipinski definition) is 0. The van der Waals surface area contributed by atoms with Crippen LogP contribution >= 0.6 is 0 Å². The van der Waals surface area contributed by atoms with Crippen molar-refractivity contribution in [1.82, 2.24) is 0 Å². The van der Waals surface area contributed by atoms with E-state index >= 15 is 0 Å². The average molecular weight is 773 g/mol. The van der Waals surface area contributed by atoms with Crippen molar-refractivity contribution in [1.29, 1.82) is 0 Å². The number of rotatable bonds is 42. The monoisotopic (exact) mass is 773 g/mol. The molecule has 0 aromatic carbocycles. The van der Waals surface area contributed by atoms with Gasteiger partial charge in [0.1, 0.15) is 13.2 Å². The Bertz CT molecular complexity index is 938. The zero-order valence-corrected chi connectivity index (χ0v) is 36.4. The minimum absolute atomic E-state index is 0.0736. The molecule has 6 nitrogen and oxygen atoms in total. The van der Waals surface area contributed by atoms with Crippen LogP contribution in [-0.2, 0) is 28.6 Å². The van der Waals surface area contributed by atoms with E-state index in [0.29, 0.717) is 19.3 Å². The summed E-state index contributed by atoms with van der Waals surface area (Å²) >= 11 is 0. The third-order valence-electron chi connectivity index (χ3n) is 10.1. The molecule has 0 saturated heterocycles. The van der Waals surface area contributed by atoms with Gasteiger partial charge in [0.2, 0.25) is 0 Å². The molecule has 0 aromatic heterocycles. The highest BCUT2D eigenvalue weighted by Gasteiger charge is 2.19. The van der Waals surface area contributed by atoms with Gasteiger partial charge in [0, 0.05) is 19.3 Å². The number of unbranched alkanes of at least 4 members (excludes halogenated alkanes) is 25. The molecule has 0 spiro atoms. The standard InChI is InChI=1S/C49H88O6/c1-4-7-10-13-16-19-20-21-22-23-24-25-26-27-28-31-33-36-39-42-48(51)54-45-46(55-49(52)43-40-37-34-30-18-15-12-9-6-3)44-53-47(50)41-38-35-32-29-17-14-11-8-5-2/h16,19,21-22,24-25,46H,4-15,17-18,20,23,26-45H2,1-3H3/b19-16-,22-21-,25-24-/t46-/m1/s1. The number of carbonyl (C=O) groups excluding carboxylic acids is 3. The number of allylic oxidation sites excluding steroid dienone is 6. The van der Waals surface area contributed by atoms with Gasteiger partial charge in [-0.05, 0) is 57.8 Å². The second-order valence-corrected chi connectivity index (χ2v) is 15.7. The van der Waals surface area contributed by atoms with Gasteiger partial charge in [-0.25, -0.2) is 0 Å². The van der Waals surface area contributed by atoms with Crippen LogP contribution in [0.15, 0.2) is 36.5 Å². The first-order valence-electron chi connectivity index (χ1n) is 23.5. The minimum atomic E-state index is -0.769. The van der Waals surface area contributed by atoms with Gasteiger partial charge in [-0.3, -0.25) is 14.4 Å². The summed E-state index contributed by atoms with van der Waals surface area (Å²) in [5, 5.41) is 0. The van der Waals surface area contributed by atoms with Crippen LogP contribution in [0, 0.1) is 0 Å². The van der Waals surface area contributed by atoms with Crippen molar-refractivity contribution in [3.05, 3.63) is 36.5 Å². The lowest BCUT2D eigenvalue weighted by atomic mass is 10.1. The Kier molecular flexibility index (Phi) is 42.4. The van der Waals surface area contributed by atoms with Gasteiger partial charge in [-0.1, -0.05) is 198 Å². The van der Waals surface area contributed by atoms with E-state index in [4.69, 9.17) is 14.2 Å². The lowest BCUT2D eigenvalue weighted by Gasteiger charge is -2.18. The molecule has 0 N–H and O–H groups in total. The maximum Gasteiger partial charge on any atom is 0.306 e. The molecule has 0 aliphatic rings. The highest BCUT2D eigenvalue weighted by atomic mass is 16.6. The topological polar surface area (TPSA) is 78.9 Å². The summed E-state index contributed by atoms with van der Waals surface area (Å²) in [6, 6.07) is 0. The fraction of sp³-hybridized carbons (Fsp3) is 0.816. The van der Waals surface area contributed by atoms with E-state index in [9.17, 15) is 14.4 Å². The van der Waals surface area contributed by atoms with Crippen molar-refractivity contribution in [2.45, 2.75) is 245 Å². The molecule has 0 aromatic rings. The van der Waals surface area contributed by atoms with Crippen LogP contribution in [0.5, 0.6) is 0 Å². The molecule has 1 atom stereocenters. The molecule has 320 valence electrons. The van der Waals surface area contributed by atoms with Crippen molar-refractivity contribution in [3.63, 3.8) is 0 Å². The zero-order valence-electron chi connectivity index (χ0n) is 36.4. The molecular weight excluding hydrogens is 685 g/mol. The summed E-state index contributed by atoms with van der Waals surface area (Å²) in [6.07, 6.45) is 49.9. The molecule has 0 fully saturated rings. The minimum Gasteiger partial charge on any atom is -0.462 e. The van der Waals surface area contributed by atoms with Crippen molar-refractivity contribution in [3.8, 4) is 0 Å². The summed E-state index contributed by atoms with van der Waals surface area (Å²) in [6.45, 7) is 6.56. The van der Waals surface area contributed by atoms with E-state index in [1.165, 1.54) is 122 Å². The molecule has 6 heteroatoms. The molecule has 0 amide bonds. The van der Waals surface area contributed by atoms with Crippen LogP contribution < -0.4 is 0 Å². The summed E-state index contributed by atoms with van der Waals surface area (Å²) in [4.78, 5) is 37.6. The molecule has 0 radical (unpaired) electrons. The Balaban J connectivity index is 4.27. The Morgan fingerprint density at radius 3 is 1.05 bits per heavy atom. The largest absolute Gasteiger partial charge is 0.462 e. The molecule has 0 heterocycles. The fourth-order valence-corrected chi connectivity index (χ4v) is 6.57. The van der Waals surface area contributed by atoms with Gasteiger partial charge in [-0.15, -0.1) is 0 Å². The fourth-order valence-electron chi connectivity index (χ4n) is 6.57. The zero-order chi connectivity index (χ0) is 40.1. The van der Waals surface area contributed by atoms with E-state index in [-0.39, 0.29) is 31.1 Å². The predicted octanol–water partition coefficient (Wildman–Crippen LogP) is 15.0. The Morgan fingerprint density at radius 2 is 0.655 bits per heavy atom. The van der Waals surface area contributed by atoms with Gasteiger partial charge < -0.3 is 14.2 Å². The van der Waals surface area contributed by atoms with Gasteiger partial charge in [0.25, 0.3) is 0 Å². The van der Waals surface area contributed by atoms with Crippen molar-refractivity contribution in [2.75, 3.05) is 13.2 Å². The van der Waals surface area contributed by atoms with E-state index in [1.54, 1.807) is 0 Å². The number of carbonyl (C=O) groups is 3. The van der Waals surface area contributed by atoms with Crippen molar-refractivity contribution < 1.29 is 28.6 Å². The van der Waals surface area contributed by atoms with E-state index in [1.807, 2.05) is 0 Å². The molecule has 0 saturated carbocycles. The third-order valence-corrected chi connectivity index (χ3v) is 10.1. The maximum atomic E-state index is 12.7. The normalized spacial score (nSPS) is 12.3. The summed E-state index contributed by atoms with van der Waals surface area (Å²) in [7, 11) is 0. The SMILES string of the molecule is CCCCC/C=C\C/C=C\C/C=C\CCCCCCCCC(=O)OC[C@@H](COC(=O)CCCCCCCCCCC)OC(=O)CCCCCCCCCCC. The van der Waals surface area contributed by atoms with E-state index < -0.39 is 6.10 Å². The van der Waals surface area contributed by atoms with Crippen LogP contribution in [-0.4, -0.2) is 37.2 Å². The molecule has 0 bridgehead atoms. The highest BCUT2D eigenvalue weighted by molar-refractivity contribution is 5.71. The summed E-state index contributed by atoms with van der Waals surface area (Å²) in [5.41, 5.74) is 0. The van der Waals surface area contributed by atoms with Crippen molar-refractivity contribution >= 4 is 17.9 Å². The van der Waals surface area contributed by atoms with Crippen LogP contribution in [0.2, 0.25) is 0 Å². The quantitative estimate of drug-likeness (QED) is 0.0266. The van der Waals surface area contributed by atoms with Crippen LogP contribution in [0.25, 0.3) is 0 Å². The summed E-state index contributed by atoms with van der Waals surface area (Å²) in [5.74, 6) is -0.889. The molecule has 0 aliphatic carbocycles. The lowest BCUT2D eigenvalue weighted by molar-refractivity contribution is -0.167. The Labute approximate surface area is 340 Å². The molecule has 0 rings (SSSR count). The van der Waals surface area contributed by atoms with Crippen molar-refractivity contribution in [2.24, 2.45) is 0 Å². The first-order valence-corrected chi connectivity index (χ1v) is 23.5. The van der Waals surface area contributed by atoms with Gasteiger partial charge in [0.15, 0.2) is 6.10 Å². The van der Waals surface area contributed by atoms with E-state index in [2.05, 4.69) is 57.2 Å². The van der Waals surface area contributed by atoms with E-state index in [0.717, 1.165) is 77.0 Å². The predicted molar refractivity (Wildman–Crippen MR) is 233 cm³/mol. The second kappa shape index (κ2) is 44.3. The Hall–Kier alpha value is -2.37. The number of hydrogen-bond acceptors (Lipinski definition) is 6. The highest BCUT2D eigenvalue weighted by Crippen LogP contribution is 2.14. The maximum absolute atomic E-state index is 12.7. The number of ether oxygens (including phenoxy) is 3. The number of esters is 3. The van der Waals surface area contributed by atoms with Gasteiger partial charge in [-0.2, -0.15) is 0 Å². The lowest BCUT2D eigenvalue weighted by Crippen LogP contribution is -2.30. The smallest absolute Gasteiger partial charge is 0.306 e. The first kappa shape index (κ1) is 52.6. The van der Waals surface area contributed by atoms with Crippen LogP contribution in [0.3, 0.4) is 0 Å². The van der Waals surface area contributed by atoms with Crippen LogP contribution in [0.4, 0.5) is 0 Å². The van der Waals surface area contributed by atoms with Gasteiger partial charge in [0.05, 0.1) is 0 Å². The first-order chi connectivity index (χ1) is 27.0.